The van der Waals surface area contributed by atoms with Gasteiger partial charge in [0.05, 0.1) is 7.11 Å². The van der Waals surface area contributed by atoms with Crippen LogP contribution in [0.25, 0.3) is 0 Å². The fraction of sp³-hybridized carbons (Fsp3) is 0.0909. The summed E-state index contributed by atoms with van der Waals surface area (Å²) in [5.41, 5.74) is 1.10. The lowest BCUT2D eigenvalue weighted by molar-refractivity contribution is -0.114. The smallest absolute Gasteiger partial charge is 0.283 e. The molecule has 172 valence electrons. The molecule has 3 aromatic rings. The standard InChI is InChI=1S/C22H19ClFN3O5S/c1-13-10-18(27-33(29,30)20-9-4-15(23)11-19(20)31-3)22(25-12-13)32-17-7-5-16(6-8-17)26-21(28)14(2)24/h4-12,27H,2H2,1,3H3,(H,26,28). The summed E-state index contributed by atoms with van der Waals surface area (Å²) in [5, 5.41) is 2.64. The van der Waals surface area contributed by atoms with Crippen molar-refractivity contribution in [2.75, 3.05) is 17.1 Å². The number of sulfonamides is 1. The number of rotatable bonds is 8. The number of carbonyl (C=O) groups excluding carboxylic acids is 1. The molecule has 0 aliphatic rings. The van der Waals surface area contributed by atoms with Gasteiger partial charge in [0.2, 0.25) is 5.88 Å². The summed E-state index contributed by atoms with van der Waals surface area (Å²) >= 11 is 5.93. The summed E-state index contributed by atoms with van der Waals surface area (Å²) in [6, 6.07) is 11.7. The molecule has 0 atom stereocenters. The summed E-state index contributed by atoms with van der Waals surface area (Å²) in [5.74, 6) is -1.71. The molecule has 0 fully saturated rings. The van der Waals surface area contributed by atoms with Crippen LogP contribution in [0.3, 0.4) is 0 Å². The zero-order chi connectivity index (χ0) is 24.2. The van der Waals surface area contributed by atoms with E-state index in [1.54, 1.807) is 13.0 Å². The van der Waals surface area contributed by atoms with Crippen LogP contribution in [-0.2, 0) is 14.8 Å². The second kappa shape index (κ2) is 9.88. The summed E-state index contributed by atoms with van der Waals surface area (Å²) in [6.45, 7) is 4.67. The Morgan fingerprint density at radius 2 is 1.85 bits per heavy atom. The summed E-state index contributed by atoms with van der Waals surface area (Å²) in [4.78, 5) is 15.4. The lowest BCUT2D eigenvalue weighted by Gasteiger charge is -2.15. The van der Waals surface area contributed by atoms with E-state index in [0.29, 0.717) is 22.0 Å². The highest BCUT2D eigenvalue weighted by Gasteiger charge is 2.22. The molecule has 2 aromatic carbocycles. The van der Waals surface area contributed by atoms with Gasteiger partial charge in [-0.2, -0.15) is 0 Å². The number of amides is 1. The van der Waals surface area contributed by atoms with Crippen LogP contribution in [0.15, 0.2) is 72.0 Å². The second-order valence-corrected chi connectivity index (χ2v) is 8.84. The quantitative estimate of drug-likeness (QED) is 0.426. The number of aromatic nitrogens is 1. The third-order valence-corrected chi connectivity index (χ3v) is 5.86. The summed E-state index contributed by atoms with van der Waals surface area (Å²) < 4.78 is 52.2. The first-order chi connectivity index (χ1) is 15.6. The average molecular weight is 492 g/mol. The Kier molecular flexibility index (Phi) is 7.19. The monoisotopic (exact) mass is 491 g/mol. The molecule has 11 heteroatoms. The predicted octanol–water partition coefficient (Wildman–Crippen LogP) is 5.07. The first-order valence-corrected chi connectivity index (χ1v) is 11.2. The van der Waals surface area contributed by atoms with Gasteiger partial charge in [-0.15, -0.1) is 0 Å². The van der Waals surface area contributed by atoms with Crippen LogP contribution >= 0.6 is 11.6 Å². The SMILES string of the molecule is C=C(F)C(=O)Nc1ccc(Oc2ncc(C)cc2NS(=O)(=O)c2ccc(Cl)cc2OC)cc1. The first-order valence-electron chi connectivity index (χ1n) is 9.36. The number of hydrogen-bond donors (Lipinski definition) is 2. The number of benzene rings is 2. The normalized spacial score (nSPS) is 10.9. The highest BCUT2D eigenvalue weighted by atomic mass is 35.5. The molecule has 0 aliphatic heterocycles. The van der Waals surface area contributed by atoms with Gasteiger partial charge in [0.15, 0.2) is 5.83 Å². The number of nitrogens with one attached hydrogen (secondary N) is 2. The minimum Gasteiger partial charge on any atom is -0.495 e. The van der Waals surface area contributed by atoms with Crippen LogP contribution in [-0.4, -0.2) is 26.4 Å². The molecule has 1 heterocycles. The lowest BCUT2D eigenvalue weighted by atomic mass is 10.3. The number of aryl methyl sites for hydroxylation is 1. The van der Waals surface area contributed by atoms with E-state index in [4.69, 9.17) is 21.1 Å². The lowest BCUT2D eigenvalue weighted by Crippen LogP contribution is -2.15. The van der Waals surface area contributed by atoms with E-state index in [-0.39, 0.29) is 22.2 Å². The molecule has 1 aromatic heterocycles. The third-order valence-electron chi connectivity index (χ3n) is 4.22. The van der Waals surface area contributed by atoms with Crippen molar-refractivity contribution >= 4 is 38.9 Å². The van der Waals surface area contributed by atoms with E-state index in [2.05, 4.69) is 21.6 Å². The number of halogens is 2. The molecule has 0 aliphatic carbocycles. The average Bonchev–Trinajstić information content (AvgIpc) is 2.76. The number of pyridine rings is 1. The van der Waals surface area contributed by atoms with Crippen molar-refractivity contribution in [3.8, 4) is 17.4 Å². The zero-order valence-corrected chi connectivity index (χ0v) is 19.1. The molecule has 3 rings (SSSR count). The molecule has 0 saturated carbocycles. The Morgan fingerprint density at radius 1 is 1.15 bits per heavy atom. The van der Waals surface area contributed by atoms with E-state index in [1.807, 2.05) is 0 Å². The van der Waals surface area contributed by atoms with Gasteiger partial charge in [-0.25, -0.2) is 17.8 Å². The summed E-state index contributed by atoms with van der Waals surface area (Å²) in [7, 11) is -2.74. The Labute approximate surface area is 195 Å². The molecule has 33 heavy (non-hydrogen) atoms. The van der Waals surface area contributed by atoms with Crippen LogP contribution in [0.1, 0.15) is 5.56 Å². The number of methoxy groups -OCH3 is 1. The van der Waals surface area contributed by atoms with Crippen LogP contribution in [0.2, 0.25) is 5.02 Å². The number of anilines is 2. The molecule has 2 N–H and O–H groups in total. The highest BCUT2D eigenvalue weighted by molar-refractivity contribution is 7.92. The van der Waals surface area contributed by atoms with Gasteiger partial charge >= 0.3 is 0 Å². The molecule has 0 saturated heterocycles. The second-order valence-electron chi connectivity index (χ2n) is 6.75. The number of hydrogen-bond acceptors (Lipinski definition) is 6. The topological polar surface area (TPSA) is 107 Å². The van der Waals surface area contributed by atoms with Crippen molar-refractivity contribution < 1.29 is 27.1 Å². The number of carbonyl (C=O) groups is 1. The van der Waals surface area contributed by atoms with E-state index in [1.165, 1.54) is 55.8 Å². The summed E-state index contributed by atoms with van der Waals surface area (Å²) in [6.07, 6.45) is 1.51. The molecule has 0 spiro atoms. The van der Waals surface area contributed by atoms with Gasteiger partial charge in [0.1, 0.15) is 22.1 Å². The third kappa shape index (κ3) is 5.99. The Hall–Kier alpha value is -3.63. The molecule has 1 amide bonds. The van der Waals surface area contributed by atoms with Gasteiger partial charge < -0.3 is 14.8 Å². The molecular weight excluding hydrogens is 473 g/mol. The van der Waals surface area contributed by atoms with E-state index in [0.717, 1.165) is 0 Å². The Morgan fingerprint density at radius 3 is 2.48 bits per heavy atom. The van der Waals surface area contributed by atoms with Gasteiger partial charge in [-0.1, -0.05) is 18.2 Å². The van der Waals surface area contributed by atoms with E-state index < -0.39 is 21.8 Å². The van der Waals surface area contributed by atoms with Crippen molar-refractivity contribution in [1.82, 2.24) is 4.98 Å². The Bertz CT molecular complexity index is 1310. The van der Waals surface area contributed by atoms with Crippen LogP contribution < -0.4 is 19.5 Å². The van der Waals surface area contributed by atoms with E-state index in [9.17, 15) is 17.6 Å². The first kappa shape index (κ1) is 24.0. The van der Waals surface area contributed by atoms with Crippen molar-refractivity contribution in [2.45, 2.75) is 11.8 Å². The van der Waals surface area contributed by atoms with E-state index >= 15 is 0 Å². The fourth-order valence-corrected chi connectivity index (χ4v) is 4.05. The molecule has 8 nitrogen and oxygen atoms in total. The molecule has 0 bridgehead atoms. The Balaban J connectivity index is 1.87. The van der Waals surface area contributed by atoms with Crippen molar-refractivity contribution in [3.05, 3.63) is 77.7 Å². The predicted molar refractivity (Wildman–Crippen MR) is 123 cm³/mol. The minimum atomic E-state index is -4.08. The van der Waals surface area contributed by atoms with Crippen LogP contribution in [0.4, 0.5) is 15.8 Å². The minimum absolute atomic E-state index is 0.00831. The number of nitrogens with zero attached hydrogens (tertiary/aromatic N) is 1. The van der Waals surface area contributed by atoms with Gasteiger partial charge in [0.25, 0.3) is 15.9 Å². The van der Waals surface area contributed by atoms with Gasteiger partial charge in [0, 0.05) is 23.0 Å². The largest absolute Gasteiger partial charge is 0.495 e. The van der Waals surface area contributed by atoms with Crippen molar-refractivity contribution in [2.24, 2.45) is 0 Å². The maximum atomic E-state index is 13.0. The fourth-order valence-electron chi connectivity index (χ4n) is 2.69. The number of ether oxygens (including phenoxy) is 2. The maximum Gasteiger partial charge on any atom is 0.283 e. The molecule has 0 radical (unpaired) electrons. The van der Waals surface area contributed by atoms with Crippen LogP contribution in [0.5, 0.6) is 17.4 Å². The molecule has 0 unspecified atom stereocenters. The van der Waals surface area contributed by atoms with Gasteiger partial charge in [-0.3, -0.25) is 9.52 Å². The zero-order valence-electron chi connectivity index (χ0n) is 17.6. The van der Waals surface area contributed by atoms with Crippen molar-refractivity contribution in [1.29, 1.82) is 0 Å². The van der Waals surface area contributed by atoms with Crippen molar-refractivity contribution in [3.63, 3.8) is 0 Å². The highest BCUT2D eigenvalue weighted by Crippen LogP contribution is 2.33. The van der Waals surface area contributed by atoms with Crippen LogP contribution in [0, 0.1) is 6.92 Å². The van der Waals surface area contributed by atoms with Gasteiger partial charge in [-0.05, 0) is 55.0 Å². The maximum absolute atomic E-state index is 13.0. The molecular formula is C22H19ClFN3O5S.